The van der Waals surface area contributed by atoms with E-state index in [4.69, 9.17) is 10.5 Å². The molecule has 0 radical (unpaired) electrons. The van der Waals surface area contributed by atoms with Gasteiger partial charge in [0.05, 0.1) is 5.52 Å². The number of aryl methyl sites for hydroxylation is 1. The molecule has 4 rings (SSSR count). The Balaban J connectivity index is 1.50. The standard InChI is InChI=1S/C20H27N7OS/c1-12-10-17(21)16-11-14(4-5-18(16)22-12)25-19-23-13(2)24-20(27(19)29)28-15-6-8-26(3)9-7-15/h4-5,10-11,15,19,25,29H,6-9H2,1-3H3,(H2,21,22). The first-order valence-electron chi connectivity index (χ1n) is 9.79. The third-order valence-electron chi connectivity index (χ3n) is 5.20. The van der Waals surface area contributed by atoms with E-state index in [-0.39, 0.29) is 6.10 Å². The number of nitrogens with one attached hydrogen (secondary N) is 1. The largest absolute Gasteiger partial charge is 0.461 e. The Kier molecular flexibility index (Phi) is 5.51. The van der Waals surface area contributed by atoms with Gasteiger partial charge in [-0.25, -0.2) is 9.30 Å². The third kappa shape index (κ3) is 4.40. The molecule has 0 amide bonds. The van der Waals surface area contributed by atoms with Crippen LogP contribution in [0.15, 0.2) is 34.3 Å². The SMILES string of the molecule is CC1=NC(Nc2ccc3nc(C)cc(N)c3c2)N(S)C(OC2CCN(C)CC2)=N1. The minimum atomic E-state index is -0.436. The molecule has 0 bridgehead atoms. The van der Waals surface area contributed by atoms with Crippen LogP contribution in [0.3, 0.4) is 0 Å². The fourth-order valence-corrected chi connectivity index (χ4v) is 3.81. The van der Waals surface area contributed by atoms with Crippen molar-refractivity contribution in [3.63, 3.8) is 0 Å². The Labute approximate surface area is 176 Å². The summed E-state index contributed by atoms with van der Waals surface area (Å²) < 4.78 is 7.79. The summed E-state index contributed by atoms with van der Waals surface area (Å²) in [6.07, 6.45) is 1.65. The van der Waals surface area contributed by atoms with Crippen LogP contribution < -0.4 is 11.1 Å². The zero-order chi connectivity index (χ0) is 20.5. The Morgan fingerprint density at radius 3 is 2.72 bits per heavy atom. The Hall–Kier alpha value is -2.52. The normalized spacial score (nSPS) is 21.1. The highest BCUT2D eigenvalue weighted by atomic mass is 32.1. The number of hydrogen-bond acceptors (Lipinski definition) is 9. The minimum absolute atomic E-state index is 0.140. The number of rotatable bonds is 3. The highest BCUT2D eigenvalue weighted by molar-refractivity contribution is 7.78. The van der Waals surface area contributed by atoms with Crippen LogP contribution in [0, 0.1) is 6.92 Å². The average Bonchev–Trinajstić information content (AvgIpc) is 2.67. The molecule has 1 aromatic heterocycles. The molecule has 8 nitrogen and oxygen atoms in total. The number of aromatic nitrogens is 1. The molecule has 1 atom stereocenters. The first-order valence-corrected chi connectivity index (χ1v) is 10.2. The highest BCUT2D eigenvalue weighted by Crippen LogP contribution is 2.26. The number of aliphatic imine (C=N–C) groups is 2. The van der Waals surface area contributed by atoms with Crippen LogP contribution in [-0.2, 0) is 4.74 Å². The van der Waals surface area contributed by atoms with Gasteiger partial charge in [-0.05, 0) is 58.0 Å². The van der Waals surface area contributed by atoms with Crippen LogP contribution in [0.5, 0.6) is 0 Å². The summed E-state index contributed by atoms with van der Waals surface area (Å²) in [6.45, 7) is 5.83. The van der Waals surface area contributed by atoms with Crippen LogP contribution in [0.4, 0.5) is 11.4 Å². The van der Waals surface area contributed by atoms with E-state index < -0.39 is 6.29 Å². The lowest BCUT2D eigenvalue weighted by atomic mass is 10.1. The molecule has 3 heterocycles. The second-order valence-electron chi connectivity index (χ2n) is 7.64. The van der Waals surface area contributed by atoms with Gasteiger partial charge in [0.2, 0.25) is 6.29 Å². The maximum absolute atomic E-state index is 6.18. The number of nitrogen functional groups attached to an aromatic ring is 1. The number of benzene rings is 1. The van der Waals surface area contributed by atoms with Crippen LogP contribution in [0.25, 0.3) is 10.9 Å². The molecule has 2 aromatic rings. The molecule has 1 unspecified atom stereocenters. The van der Waals surface area contributed by atoms with Gasteiger partial charge in [0, 0.05) is 35.5 Å². The van der Waals surface area contributed by atoms with Crippen LogP contribution in [0.2, 0.25) is 0 Å². The van der Waals surface area contributed by atoms with Crippen molar-refractivity contribution in [3.8, 4) is 0 Å². The summed E-state index contributed by atoms with van der Waals surface area (Å²) in [5, 5.41) is 4.28. The number of nitrogens with two attached hydrogens (primary N) is 1. The topological polar surface area (TPSA) is 91.4 Å². The average molecular weight is 414 g/mol. The number of hydrogen-bond donors (Lipinski definition) is 3. The lowest BCUT2D eigenvalue weighted by Gasteiger charge is -2.34. The van der Waals surface area contributed by atoms with E-state index in [1.165, 1.54) is 0 Å². The van der Waals surface area contributed by atoms with Crippen LogP contribution >= 0.6 is 12.8 Å². The number of amidine groups is 2. The maximum atomic E-state index is 6.18. The molecule has 2 aliphatic rings. The molecule has 29 heavy (non-hydrogen) atoms. The van der Waals surface area contributed by atoms with E-state index >= 15 is 0 Å². The quantitative estimate of drug-likeness (QED) is 0.671. The van der Waals surface area contributed by atoms with Gasteiger partial charge < -0.3 is 20.7 Å². The summed E-state index contributed by atoms with van der Waals surface area (Å²) in [5.74, 6) is 0.647. The molecule has 0 spiro atoms. The summed E-state index contributed by atoms with van der Waals surface area (Å²) in [7, 11) is 2.13. The van der Waals surface area contributed by atoms with E-state index in [1.807, 2.05) is 38.1 Å². The number of ether oxygens (including phenoxy) is 1. The molecule has 3 N–H and O–H groups in total. The molecule has 1 saturated heterocycles. The Morgan fingerprint density at radius 2 is 1.97 bits per heavy atom. The van der Waals surface area contributed by atoms with Gasteiger partial charge in [-0.15, -0.1) is 0 Å². The van der Waals surface area contributed by atoms with Crippen LogP contribution in [0.1, 0.15) is 25.5 Å². The van der Waals surface area contributed by atoms with E-state index in [0.717, 1.165) is 48.2 Å². The number of likely N-dealkylation sites (tertiary alicyclic amines) is 1. The highest BCUT2D eigenvalue weighted by Gasteiger charge is 2.28. The third-order valence-corrected chi connectivity index (χ3v) is 5.59. The molecular weight excluding hydrogens is 386 g/mol. The first kappa shape index (κ1) is 19.8. The second kappa shape index (κ2) is 8.08. The maximum Gasteiger partial charge on any atom is 0.307 e. The number of pyridine rings is 1. The van der Waals surface area contributed by atoms with Gasteiger partial charge in [0.1, 0.15) is 11.9 Å². The van der Waals surface area contributed by atoms with Gasteiger partial charge >= 0.3 is 6.02 Å². The predicted molar refractivity (Wildman–Crippen MR) is 121 cm³/mol. The molecule has 9 heteroatoms. The summed E-state index contributed by atoms with van der Waals surface area (Å²) in [4.78, 5) is 15.9. The Morgan fingerprint density at radius 1 is 1.21 bits per heavy atom. The van der Waals surface area contributed by atoms with Crippen molar-refractivity contribution in [1.82, 2.24) is 14.2 Å². The molecule has 1 fully saturated rings. The van der Waals surface area contributed by atoms with Crippen molar-refractivity contribution in [3.05, 3.63) is 30.0 Å². The van der Waals surface area contributed by atoms with Crippen molar-refractivity contribution in [2.45, 2.75) is 39.1 Å². The van der Waals surface area contributed by atoms with Crippen molar-refractivity contribution < 1.29 is 4.74 Å². The van der Waals surface area contributed by atoms with Gasteiger partial charge in [0.15, 0.2) is 0 Å². The summed E-state index contributed by atoms with van der Waals surface area (Å²) in [5.41, 5.74) is 9.52. The van der Waals surface area contributed by atoms with Crippen molar-refractivity contribution in [1.29, 1.82) is 0 Å². The molecule has 0 saturated carbocycles. The fourth-order valence-electron chi connectivity index (χ4n) is 3.61. The lowest BCUT2D eigenvalue weighted by molar-refractivity contribution is 0.0913. The fraction of sp³-hybridized carbons (Fsp3) is 0.450. The number of thiol groups is 1. The van der Waals surface area contributed by atoms with Crippen molar-refractivity contribution in [2.75, 3.05) is 31.2 Å². The van der Waals surface area contributed by atoms with E-state index in [0.29, 0.717) is 17.5 Å². The van der Waals surface area contributed by atoms with Gasteiger partial charge in [-0.3, -0.25) is 4.98 Å². The van der Waals surface area contributed by atoms with Gasteiger partial charge in [-0.1, -0.05) is 12.8 Å². The van der Waals surface area contributed by atoms with E-state index in [1.54, 1.807) is 4.31 Å². The van der Waals surface area contributed by atoms with E-state index in [9.17, 15) is 0 Å². The van der Waals surface area contributed by atoms with E-state index in [2.05, 4.69) is 45.0 Å². The monoisotopic (exact) mass is 413 g/mol. The molecule has 1 aromatic carbocycles. The molecule has 0 aliphatic carbocycles. The molecular formula is C20H27N7OS. The zero-order valence-corrected chi connectivity index (χ0v) is 17.9. The number of anilines is 2. The smallest absolute Gasteiger partial charge is 0.307 e. The minimum Gasteiger partial charge on any atom is -0.461 e. The molecule has 154 valence electrons. The zero-order valence-electron chi connectivity index (χ0n) is 17.0. The number of nitrogens with zero attached hydrogens (tertiary/aromatic N) is 5. The lowest BCUT2D eigenvalue weighted by Crippen LogP contribution is -2.45. The first-order chi connectivity index (χ1) is 13.9. The van der Waals surface area contributed by atoms with Gasteiger partial charge in [-0.2, -0.15) is 4.99 Å². The summed E-state index contributed by atoms with van der Waals surface area (Å²) in [6, 6.07) is 8.25. The number of piperidine rings is 1. The van der Waals surface area contributed by atoms with Crippen molar-refractivity contribution >= 4 is 46.9 Å². The summed E-state index contributed by atoms with van der Waals surface area (Å²) >= 11 is 4.61. The van der Waals surface area contributed by atoms with Gasteiger partial charge in [0.25, 0.3) is 0 Å². The molecule has 2 aliphatic heterocycles. The Bertz CT molecular complexity index is 969. The second-order valence-corrected chi connectivity index (χ2v) is 8.07. The number of fused-ring (bicyclic) bond motifs is 1. The van der Waals surface area contributed by atoms with Crippen molar-refractivity contribution in [2.24, 2.45) is 9.98 Å². The predicted octanol–water partition coefficient (Wildman–Crippen LogP) is 2.87. The van der Waals surface area contributed by atoms with Crippen LogP contribution in [-0.4, -0.2) is 58.6 Å².